The molecule has 4 nitrogen and oxygen atoms in total. The second-order valence-corrected chi connectivity index (χ2v) is 9.75. The fraction of sp³-hybridized carbons (Fsp3) is 0.560. The smallest absolute Gasteiger partial charge is 0.0999 e. The Labute approximate surface area is 190 Å². The van der Waals surface area contributed by atoms with Crippen molar-refractivity contribution in [1.29, 1.82) is 0 Å². The summed E-state index contributed by atoms with van der Waals surface area (Å²) in [6.45, 7) is 8.16. The van der Waals surface area contributed by atoms with Crippen molar-refractivity contribution in [2.45, 2.75) is 72.1 Å². The van der Waals surface area contributed by atoms with Crippen molar-refractivity contribution in [3.05, 3.63) is 58.3 Å². The first kappa shape index (κ1) is 23.2. The van der Waals surface area contributed by atoms with Gasteiger partial charge in [-0.2, -0.15) is 0 Å². The molecule has 1 heterocycles. The van der Waals surface area contributed by atoms with Gasteiger partial charge in [0.05, 0.1) is 35.1 Å². The maximum Gasteiger partial charge on any atom is 0.0999 e. The number of hydroxylamine groups is 1. The van der Waals surface area contributed by atoms with Crippen LogP contribution in [0, 0.1) is 11.3 Å². The molecule has 0 spiro atoms. The normalized spacial score (nSPS) is 19.6. The van der Waals surface area contributed by atoms with Crippen LogP contribution in [0.3, 0.4) is 0 Å². The SMILES string of the molecule is CCC(C)(C)[C@H]1CC[C@@H](N(OCc2ccccc2)c2ccnc(COC)c2Br)CC1. The second-order valence-electron chi connectivity index (χ2n) is 8.96. The molecule has 0 unspecified atom stereocenters. The van der Waals surface area contributed by atoms with E-state index in [1.807, 2.05) is 18.3 Å². The van der Waals surface area contributed by atoms with E-state index in [9.17, 15) is 0 Å². The number of hydrogen-bond donors (Lipinski definition) is 0. The highest BCUT2D eigenvalue weighted by Gasteiger charge is 2.35. The number of hydrogen-bond acceptors (Lipinski definition) is 4. The summed E-state index contributed by atoms with van der Waals surface area (Å²) in [6, 6.07) is 12.8. The summed E-state index contributed by atoms with van der Waals surface area (Å²) in [6.07, 6.45) is 7.83. The van der Waals surface area contributed by atoms with Gasteiger partial charge in [0.1, 0.15) is 0 Å². The lowest BCUT2D eigenvalue weighted by molar-refractivity contribution is 0.0473. The molecule has 5 heteroatoms. The van der Waals surface area contributed by atoms with Crippen molar-refractivity contribution < 1.29 is 9.57 Å². The lowest BCUT2D eigenvalue weighted by Gasteiger charge is -2.42. The van der Waals surface area contributed by atoms with E-state index < -0.39 is 0 Å². The van der Waals surface area contributed by atoms with Crippen molar-refractivity contribution in [2.24, 2.45) is 11.3 Å². The van der Waals surface area contributed by atoms with Crippen LogP contribution < -0.4 is 5.06 Å². The van der Waals surface area contributed by atoms with E-state index in [-0.39, 0.29) is 0 Å². The lowest BCUT2D eigenvalue weighted by Crippen LogP contribution is -2.40. The average Bonchev–Trinajstić information content (AvgIpc) is 2.77. The first-order chi connectivity index (χ1) is 14.5. The molecular formula is C25H35BrN2O2. The van der Waals surface area contributed by atoms with Gasteiger partial charge in [0.25, 0.3) is 0 Å². The predicted octanol–water partition coefficient (Wildman–Crippen LogP) is 6.92. The monoisotopic (exact) mass is 474 g/mol. The number of pyridine rings is 1. The average molecular weight is 475 g/mol. The fourth-order valence-corrected chi connectivity index (χ4v) is 4.88. The highest BCUT2D eigenvalue weighted by Crippen LogP contribution is 2.43. The number of halogens is 1. The van der Waals surface area contributed by atoms with Crippen molar-refractivity contribution in [3.8, 4) is 0 Å². The van der Waals surface area contributed by atoms with Gasteiger partial charge in [0.2, 0.25) is 0 Å². The van der Waals surface area contributed by atoms with Crippen LogP contribution in [0.1, 0.15) is 64.1 Å². The molecule has 0 saturated heterocycles. The summed E-state index contributed by atoms with van der Waals surface area (Å²) in [7, 11) is 1.70. The van der Waals surface area contributed by atoms with Crippen LogP contribution >= 0.6 is 15.9 Å². The largest absolute Gasteiger partial charge is 0.378 e. The van der Waals surface area contributed by atoms with Gasteiger partial charge in [-0.05, 0) is 64.6 Å². The highest BCUT2D eigenvalue weighted by atomic mass is 79.9. The minimum Gasteiger partial charge on any atom is -0.378 e. The van der Waals surface area contributed by atoms with Gasteiger partial charge in [-0.1, -0.05) is 57.5 Å². The van der Waals surface area contributed by atoms with Crippen molar-refractivity contribution in [1.82, 2.24) is 4.98 Å². The topological polar surface area (TPSA) is 34.6 Å². The third kappa shape index (κ3) is 5.63. The zero-order valence-electron chi connectivity index (χ0n) is 18.7. The fourth-order valence-electron chi connectivity index (χ4n) is 4.35. The molecule has 0 amide bonds. The van der Waals surface area contributed by atoms with Crippen molar-refractivity contribution in [2.75, 3.05) is 12.2 Å². The maximum atomic E-state index is 6.45. The van der Waals surface area contributed by atoms with E-state index in [0.717, 1.165) is 34.6 Å². The Bertz CT molecular complexity index is 789. The number of anilines is 1. The zero-order chi connectivity index (χ0) is 21.6. The number of rotatable bonds is 9. The Morgan fingerprint density at radius 1 is 1.07 bits per heavy atom. The second kappa shape index (κ2) is 10.7. The molecule has 1 aliphatic carbocycles. The van der Waals surface area contributed by atoms with E-state index >= 15 is 0 Å². The number of ether oxygens (including phenoxy) is 1. The molecule has 1 aliphatic rings. The predicted molar refractivity (Wildman–Crippen MR) is 126 cm³/mol. The standard InChI is InChI=1S/C25H35BrN2O2/c1-5-25(2,3)20-11-13-21(14-12-20)28(30-17-19-9-7-6-8-10-19)23-15-16-27-22(18-29-4)24(23)26/h6-10,15-16,20-21H,5,11-14,17-18H2,1-4H3/t20-,21+. The van der Waals surface area contributed by atoms with Gasteiger partial charge >= 0.3 is 0 Å². The number of aromatic nitrogens is 1. The summed E-state index contributed by atoms with van der Waals surface area (Å²) in [4.78, 5) is 10.9. The lowest BCUT2D eigenvalue weighted by atomic mass is 9.69. The van der Waals surface area contributed by atoms with Gasteiger partial charge in [0, 0.05) is 13.3 Å². The molecule has 0 N–H and O–H groups in total. The van der Waals surface area contributed by atoms with E-state index in [4.69, 9.17) is 9.57 Å². The van der Waals surface area contributed by atoms with E-state index in [1.165, 1.54) is 24.8 Å². The van der Waals surface area contributed by atoms with E-state index in [2.05, 4.69) is 71.0 Å². The molecule has 30 heavy (non-hydrogen) atoms. The first-order valence-electron chi connectivity index (χ1n) is 11.0. The molecule has 0 atom stereocenters. The number of nitrogens with zero attached hydrogens (tertiary/aromatic N) is 2. The summed E-state index contributed by atoms with van der Waals surface area (Å²) >= 11 is 3.77. The summed E-state index contributed by atoms with van der Waals surface area (Å²) in [5.41, 5.74) is 3.50. The van der Waals surface area contributed by atoms with Crippen molar-refractivity contribution in [3.63, 3.8) is 0 Å². The summed E-state index contributed by atoms with van der Waals surface area (Å²) in [5.74, 6) is 0.777. The Morgan fingerprint density at radius 2 is 1.77 bits per heavy atom. The minimum absolute atomic E-state index is 0.353. The molecule has 0 bridgehead atoms. The van der Waals surface area contributed by atoms with Gasteiger partial charge in [0.15, 0.2) is 0 Å². The molecule has 2 aromatic rings. The van der Waals surface area contributed by atoms with Crippen LogP contribution in [-0.4, -0.2) is 18.1 Å². The molecule has 1 aromatic heterocycles. The van der Waals surface area contributed by atoms with Gasteiger partial charge < -0.3 is 4.74 Å². The quantitative estimate of drug-likeness (QED) is 0.369. The molecule has 1 aromatic carbocycles. The third-order valence-corrected chi connectivity index (χ3v) is 7.58. The molecule has 0 radical (unpaired) electrons. The van der Waals surface area contributed by atoms with Crippen LogP contribution in [-0.2, 0) is 22.8 Å². The Hall–Kier alpha value is -1.43. The Kier molecular flexibility index (Phi) is 8.32. The Balaban J connectivity index is 1.81. The molecule has 0 aliphatic heterocycles. The maximum absolute atomic E-state index is 6.45. The van der Waals surface area contributed by atoms with E-state index in [0.29, 0.717) is 24.7 Å². The number of benzene rings is 1. The highest BCUT2D eigenvalue weighted by molar-refractivity contribution is 9.10. The van der Waals surface area contributed by atoms with Crippen LogP contribution in [0.4, 0.5) is 5.69 Å². The van der Waals surface area contributed by atoms with Gasteiger partial charge in [-0.15, -0.1) is 0 Å². The van der Waals surface area contributed by atoms with Gasteiger partial charge in [-0.3, -0.25) is 9.82 Å². The molecule has 3 rings (SSSR count). The summed E-state index contributed by atoms with van der Waals surface area (Å²) < 4.78 is 6.28. The zero-order valence-corrected chi connectivity index (χ0v) is 20.3. The molecule has 164 valence electrons. The molecular weight excluding hydrogens is 440 g/mol. The number of methoxy groups -OCH3 is 1. The minimum atomic E-state index is 0.353. The van der Waals surface area contributed by atoms with Crippen molar-refractivity contribution >= 4 is 21.6 Å². The molecule has 1 saturated carbocycles. The summed E-state index contributed by atoms with van der Waals surface area (Å²) in [5, 5.41) is 2.13. The Morgan fingerprint density at radius 3 is 2.40 bits per heavy atom. The first-order valence-corrected chi connectivity index (χ1v) is 11.8. The van der Waals surface area contributed by atoms with Crippen LogP contribution in [0.5, 0.6) is 0 Å². The molecule has 1 fully saturated rings. The third-order valence-electron chi connectivity index (χ3n) is 6.72. The van der Waals surface area contributed by atoms with Gasteiger partial charge in [-0.25, -0.2) is 5.06 Å². The van der Waals surface area contributed by atoms with Crippen LogP contribution in [0.15, 0.2) is 47.1 Å². The van der Waals surface area contributed by atoms with E-state index in [1.54, 1.807) is 7.11 Å². The van der Waals surface area contributed by atoms with Crippen LogP contribution in [0.25, 0.3) is 0 Å². The van der Waals surface area contributed by atoms with Crippen LogP contribution in [0.2, 0.25) is 0 Å².